The van der Waals surface area contributed by atoms with Gasteiger partial charge in [-0.2, -0.15) is 0 Å². The van der Waals surface area contributed by atoms with E-state index in [1.165, 1.54) is 25.7 Å². The first-order chi connectivity index (χ1) is 8.97. The van der Waals surface area contributed by atoms with Crippen molar-refractivity contribution in [2.24, 2.45) is 11.8 Å². The Hall–Kier alpha value is -0.580. The van der Waals surface area contributed by atoms with Crippen LogP contribution in [0.4, 0.5) is 4.79 Å². The van der Waals surface area contributed by atoms with E-state index in [-0.39, 0.29) is 12.1 Å². The van der Waals surface area contributed by atoms with Gasteiger partial charge in [0, 0.05) is 35.4 Å². The number of hydrogen-bond acceptors (Lipinski definition) is 2. The Morgan fingerprint density at radius 2 is 2.16 bits per heavy atom. The van der Waals surface area contributed by atoms with Crippen molar-refractivity contribution in [3.05, 3.63) is 0 Å². The molecule has 1 rings (SSSR count). The van der Waals surface area contributed by atoms with Gasteiger partial charge in [-0.1, -0.05) is 26.2 Å². The molecular weight excluding hydrogens is 260 g/mol. The number of urea groups is 1. The minimum Gasteiger partial charge on any atom is -0.338 e. The zero-order valence-electron chi connectivity index (χ0n) is 12.4. The summed E-state index contributed by atoms with van der Waals surface area (Å²) in [4.78, 5) is 11.6. The lowest BCUT2D eigenvalue weighted by molar-refractivity contribution is 0.234. The third kappa shape index (κ3) is 7.55. The Morgan fingerprint density at radius 3 is 2.79 bits per heavy atom. The molecule has 2 amide bonds. The molecule has 1 saturated carbocycles. The molecule has 0 aromatic heterocycles. The Bertz CT molecular complexity index is 310. The number of amides is 2. The van der Waals surface area contributed by atoms with Gasteiger partial charge in [-0.15, -0.1) is 0 Å². The summed E-state index contributed by atoms with van der Waals surface area (Å²) in [6, 6.07) is -0.178. The SMILES string of the molecule is CC1CCCC(CCNC(=O)NC(C)CS(C)=O)C1. The second-order valence-corrected chi connectivity index (χ2v) is 7.45. The highest BCUT2D eigenvalue weighted by molar-refractivity contribution is 7.84. The molecule has 0 aromatic carbocycles. The normalized spacial score (nSPS) is 26.5. The van der Waals surface area contributed by atoms with E-state index in [4.69, 9.17) is 0 Å². The molecule has 0 aliphatic heterocycles. The Labute approximate surface area is 119 Å². The summed E-state index contributed by atoms with van der Waals surface area (Å²) in [5.74, 6) is 2.12. The van der Waals surface area contributed by atoms with Crippen LogP contribution < -0.4 is 10.6 Å². The van der Waals surface area contributed by atoms with E-state index in [2.05, 4.69) is 17.6 Å². The second kappa shape index (κ2) is 8.56. The second-order valence-electron chi connectivity index (χ2n) is 5.97. The zero-order valence-corrected chi connectivity index (χ0v) is 13.2. The standard InChI is InChI=1S/C14H28N2O2S/c1-11-5-4-6-13(9-11)7-8-15-14(17)16-12(2)10-19(3)18/h11-13H,4-10H2,1-3H3,(H2,15,16,17). The first-order valence-electron chi connectivity index (χ1n) is 7.31. The van der Waals surface area contributed by atoms with Gasteiger partial charge in [0.1, 0.15) is 0 Å². The van der Waals surface area contributed by atoms with Crippen molar-refractivity contribution in [2.75, 3.05) is 18.6 Å². The van der Waals surface area contributed by atoms with Crippen molar-refractivity contribution in [3.8, 4) is 0 Å². The molecule has 0 aromatic rings. The Balaban J connectivity index is 2.11. The minimum atomic E-state index is -0.868. The summed E-state index contributed by atoms with van der Waals surface area (Å²) in [7, 11) is -0.868. The van der Waals surface area contributed by atoms with Gasteiger partial charge in [0.25, 0.3) is 0 Å². The van der Waals surface area contributed by atoms with Gasteiger partial charge in [0.2, 0.25) is 0 Å². The van der Waals surface area contributed by atoms with Crippen molar-refractivity contribution in [1.29, 1.82) is 0 Å². The van der Waals surface area contributed by atoms with Crippen molar-refractivity contribution in [3.63, 3.8) is 0 Å². The van der Waals surface area contributed by atoms with Gasteiger partial charge in [-0.05, 0) is 31.6 Å². The number of hydrogen-bond donors (Lipinski definition) is 2. The lowest BCUT2D eigenvalue weighted by atomic mass is 9.81. The van der Waals surface area contributed by atoms with E-state index in [1.807, 2.05) is 6.92 Å². The minimum absolute atomic E-state index is 0.0412. The van der Waals surface area contributed by atoms with Gasteiger partial charge < -0.3 is 10.6 Å². The molecule has 19 heavy (non-hydrogen) atoms. The monoisotopic (exact) mass is 288 g/mol. The quantitative estimate of drug-likeness (QED) is 0.787. The molecule has 0 heterocycles. The third-order valence-electron chi connectivity index (χ3n) is 3.75. The number of rotatable bonds is 6. The summed E-state index contributed by atoms with van der Waals surface area (Å²) in [6.45, 7) is 4.94. The molecular formula is C14H28N2O2S. The van der Waals surface area contributed by atoms with Gasteiger partial charge in [-0.3, -0.25) is 4.21 Å². The number of carbonyl (C=O) groups excluding carboxylic acids is 1. The van der Waals surface area contributed by atoms with Gasteiger partial charge in [-0.25, -0.2) is 4.79 Å². The van der Waals surface area contributed by atoms with Crippen LogP contribution in [0.15, 0.2) is 0 Å². The molecule has 0 radical (unpaired) electrons. The molecule has 112 valence electrons. The lowest BCUT2D eigenvalue weighted by Gasteiger charge is -2.26. The van der Waals surface area contributed by atoms with Crippen molar-refractivity contribution in [1.82, 2.24) is 10.6 Å². The fraction of sp³-hybridized carbons (Fsp3) is 0.929. The third-order valence-corrected chi connectivity index (χ3v) is 4.71. The molecule has 5 heteroatoms. The summed E-state index contributed by atoms with van der Waals surface area (Å²) in [5.41, 5.74) is 0. The summed E-state index contributed by atoms with van der Waals surface area (Å²) in [5, 5.41) is 5.71. The first-order valence-corrected chi connectivity index (χ1v) is 9.04. The topological polar surface area (TPSA) is 58.2 Å². The maximum atomic E-state index is 11.6. The van der Waals surface area contributed by atoms with Gasteiger partial charge in [0.05, 0.1) is 0 Å². The molecule has 1 aliphatic rings. The smallest absolute Gasteiger partial charge is 0.315 e. The molecule has 1 fully saturated rings. The predicted molar refractivity (Wildman–Crippen MR) is 80.7 cm³/mol. The van der Waals surface area contributed by atoms with Crippen molar-refractivity contribution >= 4 is 16.8 Å². The molecule has 0 bridgehead atoms. The Morgan fingerprint density at radius 1 is 1.42 bits per heavy atom. The van der Waals surface area contributed by atoms with Crippen LogP contribution >= 0.6 is 0 Å². The molecule has 2 N–H and O–H groups in total. The number of carbonyl (C=O) groups is 1. The highest BCUT2D eigenvalue weighted by Crippen LogP contribution is 2.30. The van der Waals surface area contributed by atoms with Crippen LogP contribution in [0.5, 0.6) is 0 Å². The van der Waals surface area contributed by atoms with Gasteiger partial charge in [0.15, 0.2) is 0 Å². The fourth-order valence-electron chi connectivity index (χ4n) is 2.88. The highest BCUT2D eigenvalue weighted by Gasteiger charge is 2.18. The van der Waals surface area contributed by atoms with E-state index >= 15 is 0 Å². The van der Waals surface area contributed by atoms with Crippen molar-refractivity contribution in [2.45, 2.75) is 52.0 Å². The van der Waals surface area contributed by atoms with Crippen LogP contribution in [0.1, 0.15) is 46.0 Å². The lowest BCUT2D eigenvalue weighted by Crippen LogP contribution is -2.43. The van der Waals surface area contributed by atoms with E-state index in [1.54, 1.807) is 6.26 Å². The molecule has 4 nitrogen and oxygen atoms in total. The Kier molecular flexibility index (Phi) is 7.42. The van der Waals surface area contributed by atoms with Crippen LogP contribution in [0.3, 0.4) is 0 Å². The van der Waals surface area contributed by atoms with Crippen LogP contribution in [0.2, 0.25) is 0 Å². The summed E-state index contributed by atoms with van der Waals surface area (Å²) in [6.07, 6.45) is 8.02. The van der Waals surface area contributed by atoms with E-state index < -0.39 is 10.8 Å². The maximum Gasteiger partial charge on any atom is 0.315 e. The first kappa shape index (κ1) is 16.5. The fourth-order valence-corrected chi connectivity index (χ4v) is 3.67. The largest absolute Gasteiger partial charge is 0.338 e. The summed E-state index contributed by atoms with van der Waals surface area (Å²) >= 11 is 0. The van der Waals surface area contributed by atoms with Crippen LogP contribution in [-0.2, 0) is 10.8 Å². The molecule has 4 atom stereocenters. The molecule has 4 unspecified atom stereocenters. The molecule has 1 aliphatic carbocycles. The molecule has 0 spiro atoms. The number of nitrogens with one attached hydrogen (secondary N) is 2. The van der Waals surface area contributed by atoms with Crippen LogP contribution in [0, 0.1) is 11.8 Å². The average molecular weight is 288 g/mol. The van der Waals surface area contributed by atoms with Crippen LogP contribution in [0.25, 0.3) is 0 Å². The average Bonchev–Trinajstić information content (AvgIpc) is 2.27. The van der Waals surface area contributed by atoms with Crippen LogP contribution in [-0.4, -0.2) is 34.8 Å². The van der Waals surface area contributed by atoms with E-state index in [0.29, 0.717) is 5.75 Å². The zero-order chi connectivity index (χ0) is 14.3. The van der Waals surface area contributed by atoms with E-state index in [0.717, 1.165) is 24.8 Å². The predicted octanol–water partition coefficient (Wildman–Crippen LogP) is 2.27. The maximum absolute atomic E-state index is 11.6. The van der Waals surface area contributed by atoms with Gasteiger partial charge >= 0.3 is 6.03 Å². The summed E-state index contributed by atoms with van der Waals surface area (Å²) < 4.78 is 11.0. The van der Waals surface area contributed by atoms with Crippen molar-refractivity contribution < 1.29 is 9.00 Å². The van der Waals surface area contributed by atoms with E-state index in [9.17, 15) is 9.00 Å². The highest BCUT2D eigenvalue weighted by atomic mass is 32.2. The molecule has 0 saturated heterocycles.